The molecule has 98 valence electrons. The summed E-state index contributed by atoms with van der Waals surface area (Å²) in [6, 6.07) is 5.78. The SMILES string of the molecule is COc1ccc2[nH]cc(/C(=C/C(=O)O)C3CC3)c2c1. The van der Waals surface area contributed by atoms with E-state index in [0.29, 0.717) is 5.92 Å². The second-order valence-corrected chi connectivity index (χ2v) is 4.83. The van der Waals surface area contributed by atoms with Gasteiger partial charge in [-0.15, -0.1) is 0 Å². The normalized spacial score (nSPS) is 15.7. The quantitative estimate of drug-likeness (QED) is 0.827. The van der Waals surface area contributed by atoms with E-state index in [2.05, 4.69) is 4.98 Å². The van der Waals surface area contributed by atoms with Crippen LogP contribution in [0.5, 0.6) is 5.75 Å². The molecule has 0 spiro atoms. The molecule has 0 aliphatic heterocycles. The molecule has 1 aliphatic rings. The molecule has 1 aromatic carbocycles. The van der Waals surface area contributed by atoms with Gasteiger partial charge in [0.15, 0.2) is 0 Å². The molecule has 2 N–H and O–H groups in total. The number of allylic oxidation sites excluding steroid dienone is 1. The van der Waals surface area contributed by atoms with E-state index in [4.69, 9.17) is 9.84 Å². The van der Waals surface area contributed by atoms with Gasteiger partial charge in [0.05, 0.1) is 7.11 Å². The van der Waals surface area contributed by atoms with Crippen LogP contribution in [0.3, 0.4) is 0 Å². The highest BCUT2D eigenvalue weighted by Crippen LogP contribution is 2.44. The number of aliphatic carboxylic acids is 1. The molecule has 1 heterocycles. The molecular weight excluding hydrogens is 242 g/mol. The fourth-order valence-electron chi connectivity index (χ4n) is 2.41. The van der Waals surface area contributed by atoms with E-state index in [1.165, 1.54) is 6.08 Å². The Labute approximate surface area is 110 Å². The number of hydrogen-bond acceptors (Lipinski definition) is 2. The first-order valence-electron chi connectivity index (χ1n) is 6.29. The summed E-state index contributed by atoms with van der Waals surface area (Å²) in [6.07, 6.45) is 5.35. The van der Waals surface area contributed by atoms with E-state index in [1.807, 2.05) is 24.4 Å². The number of aromatic nitrogens is 1. The van der Waals surface area contributed by atoms with Crippen molar-refractivity contribution in [2.24, 2.45) is 5.92 Å². The fourth-order valence-corrected chi connectivity index (χ4v) is 2.41. The van der Waals surface area contributed by atoms with Crippen LogP contribution < -0.4 is 4.74 Å². The molecule has 3 rings (SSSR count). The number of methoxy groups -OCH3 is 1. The molecule has 2 aromatic rings. The van der Waals surface area contributed by atoms with Crippen molar-refractivity contribution in [3.8, 4) is 5.75 Å². The van der Waals surface area contributed by atoms with E-state index in [-0.39, 0.29) is 0 Å². The summed E-state index contributed by atoms with van der Waals surface area (Å²) >= 11 is 0. The maximum absolute atomic E-state index is 11.0. The summed E-state index contributed by atoms with van der Waals surface area (Å²) in [5.41, 5.74) is 2.87. The minimum Gasteiger partial charge on any atom is -0.497 e. The minimum absolute atomic E-state index is 0.376. The lowest BCUT2D eigenvalue weighted by molar-refractivity contribution is -0.131. The van der Waals surface area contributed by atoms with Crippen molar-refractivity contribution in [3.05, 3.63) is 36.0 Å². The van der Waals surface area contributed by atoms with Gasteiger partial charge in [0.1, 0.15) is 5.75 Å². The van der Waals surface area contributed by atoms with E-state index in [1.54, 1.807) is 7.11 Å². The number of aromatic amines is 1. The molecule has 0 radical (unpaired) electrons. The van der Waals surface area contributed by atoms with Crippen LogP contribution in [0.25, 0.3) is 16.5 Å². The van der Waals surface area contributed by atoms with Gasteiger partial charge in [0.25, 0.3) is 0 Å². The first-order valence-corrected chi connectivity index (χ1v) is 6.29. The summed E-state index contributed by atoms with van der Waals surface area (Å²) in [4.78, 5) is 14.2. The molecule has 0 bridgehead atoms. The van der Waals surface area contributed by atoms with Crippen molar-refractivity contribution >= 4 is 22.4 Å². The second-order valence-electron chi connectivity index (χ2n) is 4.83. The van der Waals surface area contributed by atoms with Crippen LogP contribution in [0.4, 0.5) is 0 Å². The van der Waals surface area contributed by atoms with Gasteiger partial charge >= 0.3 is 5.97 Å². The molecule has 1 fully saturated rings. The molecule has 0 unspecified atom stereocenters. The highest BCUT2D eigenvalue weighted by atomic mass is 16.5. The number of rotatable bonds is 4. The van der Waals surface area contributed by atoms with Crippen LogP contribution in [0, 0.1) is 5.92 Å². The zero-order valence-corrected chi connectivity index (χ0v) is 10.6. The largest absolute Gasteiger partial charge is 0.497 e. The van der Waals surface area contributed by atoms with Crippen molar-refractivity contribution in [2.45, 2.75) is 12.8 Å². The van der Waals surface area contributed by atoms with Crippen LogP contribution in [0.2, 0.25) is 0 Å². The van der Waals surface area contributed by atoms with Crippen molar-refractivity contribution in [3.63, 3.8) is 0 Å². The van der Waals surface area contributed by atoms with Crippen LogP contribution in [0.1, 0.15) is 18.4 Å². The Morgan fingerprint density at radius 3 is 2.89 bits per heavy atom. The van der Waals surface area contributed by atoms with Crippen molar-refractivity contribution in [1.82, 2.24) is 4.98 Å². The van der Waals surface area contributed by atoms with E-state index >= 15 is 0 Å². The highest BCUT2D eigenvalue weighted by Gasteiger charge is 2.29. The topological polar surface area (TPSA) is 62.3 Å². The first kappa shape index (κ1) is 11.8. The first-order chi connectivity index (χ1) is 9.19. The molecule has 0 atom stereocenters. The van der Waals surface area contributed by atoms with Gasteiger partial charge in [-0.1, -0.05) is 0 Å². The number of carboxylic acids is 1. The van der Waals surface area contributed by atoms with Gasteiger partial charge in [0.2, 0.25) is 0 Å². The molecule has 4 heteroatoms. The Morgan fingerprint density at radius 2 is 2.26 bits per heavy atom. The van der Waals surface area contributed by atoms with Crippen LogP contribution in [-0.2, 0) is 4.79 Å². The molecule has 1 saturated carbocycles. The predicted molar refractivity (Wildman–Crippen MR) is 73.2 cm³/mol. The summed E-state index contributed by atoms with van der Waals surface area (Å²) in [7, 11) is 1.63. The Balaban J connectivity index is 2.15. The average molecular weight is 257 g/mol. The van der Waals surface area contributed by atoms with Gasteiger partial charge in [-0.2, -0.15) is 0 Å². The Kier molecular flexibility index (Phi) is 2.78. The van der Waals surface area contributed by atoms with E-state index < -0.39 is 5.97 Å². The number of nitrogens with one attached hydrogen (secondary N) is 1. The van der Waals surface area contributed by atoms with Crippen molar-refractivity contribution in [2.75, 3.05) is 7.11 Å². The molecule has 0 saturated heterocycles. The fraction of sp³-hybridized carbons (Fsp3) is 0.267. The number of H-pyrrole nitrogens is 1. The predicted octanol–water partition coefficient (Wildman–Crippen LogP) is 3.05. The van der Waals surface area contributed by atoms with Gasteiger partial charge in [0, 0.05) is 28.7 Å². The smallest absolute Gasteiger partial charge is 0.328 e. The lowest BCUT2D eigenvalue weighted by atomic mass is 10.00. The van der Waals surface area contributed by atoms with Crippen LogP contribution >= 0.6 is 0 Å². The zero-order chi connectivity index (χ0) is 13.4. The van der Waals surface area contributed by atoms with Crippen LogP contribution in [0.15, 0.2) is 30.5 Å². The third-order valence-electron chi connectivity index (χ3n) is 3.50. The van der Waals surface area contributed by atoms with Gasteiger partial charge < -0.3 is 14.8 Å². The number of carboxylic acid groups (broad SMARTS) is 1. The van der Waals surface area contributed by atoms with Crippen LogP contribution in [-0.4, -0.2) is 23.2 Å². The third kappa shape index (κ3) is 2.21. The molecule has 1 aliphatic carbocycles. The summed E-state index contributed by atoms with van der Waals surface area (Å²) in [5, 5.41) is 10.0. The molecule has 4 nitrogen and oxygen atoms in total. The highest BCUT2D eigenvalue weighted by molar-refractivity contribution is 5.99. The Hall–Kier alpha value is -2.23. The molecular formula is C15H15NO3. The lowest BCUT2D eigenvalue weighted by Gasteiger charge is -2.05. The Morgan fingerprint density at radius 1 is 1.47 bits per heavy atom. The molecule has 1 aromatic heterocycles. The number of fused-ring (bicyclic) bond motifs is 1. The Bertz CT molecular complexity index is 665. The number of hydrogen-bond donors (Lipinski definition) is 2. The van der Waals surface area contributed by atoms with Crippen molar-refractivity contribution < 1.29 is 14.6 Å². The standard InChI is InChI=1S/C15H15NO3/c1-19-10-4-5-14-12(6-10)13(8-16-14)11(7-15(17)18)9-2-3-9/h4-9,16H,2-3H2,1H3,(H,17,18)/b11-7+. The number of ether oxygens (including phenoxy) is 1. The average Bonchev–Trinajstić information content (AvgIpc) is 3.15. The van der Waals surface area contributed by atoms with Gasteiger partial charge in [-0.25, -0.2) is 4.79 Å². The summed E-state index contributed by atoms with van der Waals surface area (Å²) in [5.74, 6) is 0.263. The summed E-state index contributed by atoms with van der Waals surface area (Å²) in [6.45, 7) is 0. The van der Waals surface area contributed by atoms with Gasteiger partial charge in [-0.3, -0.25) is 0 Å². The second kappa shape index (κ2) is 4.46. The molecule has 19 heavy (non-hydrogen) atoms. The maximum atomic E-state index is 11.0. The number of carbonyl (C=O) groups is 1. The third-order valence-corrected chi connectivity index (χ3v) is 3.50. The van der Waals surface area contributed by atoms with E-state index in [9.17, 15) is 4.79 Å². The van der Waals surface area contributed by atoms with Gasteiger partial charge in [-0.05, 0) is 42.5 Å². The minimum atomic E-state index is -0.890. The van der Waals surface area contributed by atoms with E-state index in [0.717, 1.165) is 40.6 Å². The monoisotopic (exact) mass is 257 g/mol. The van der Waals surface area contributed by atoms with Crippen molar-refractivity contribution in [1.29, 1.82) is 0 Å². The number of benzene rings is 1. The summed E-state index contributed by atoms with van der Waals surface area (Å²) < 4.78 is 5.23. The molecule has 0 amide bonds. The zero-order valence-electron chi connectivity index (χ0n) is 10.6. The maximum Gasteiger partial charge on any atom is 0.328 e. The lowest BCUT2D eigenvalue weighted by Crippen LogP contribution is -1.94.